The van der Waals surface area contributed by atoms with Crippen LogP contribution in [0.3, 0.4) is 0 Å². The Labute approximate surface area is 115 Å². The molecule has 0 atom stereocenters. The van der Waals surface area contributed by atoms with Crippen LogP contribution < -0.4 is 0 Å². The van der Waals surface area contributed by atoms with Crippen molar-refractivity contribution in [3.8, 4) is 5.82 Å². The first-order valence-electron chi connectivity index (χ1n) is 6.44. The summed E-state index contributed by atoms with van der Waals surface area (Å²) in [6.45, 7) is 0. The Bertz CT molecular complexity index is 924. The molecule has 0 amide bonds. The van der Waals surface area contributed by atoms with Crippen LogP contribution in [0.2, 0.25) is 0 Å². The third kappa shape index (κ3) is 1.67. The highest BCUT2D eigenvalue weighted by molar-refractivity contribution is 5.83. The first-order valence-corrected chi connectivity index (χ1v) is 6.44. The van der Waals surface area contributed by atoms with Crippen molar-refractivity contribution < 1.29 is 4.39 Å². The van der Waals surface area contributed by atoms with E-state index in [-0.39, 0.29) is 5.82 Å². The molecule has 0 saturated heterocycles. The summed E-state index contributed by atoms with van der Waals surface area (Å²) in [5.74, 6) is 0.558. The second-order valence-electron chi connectivity index (χ2n) is 4.75. The van der Waals surface area contributed by atoms with Gasteiger partial charge in [0.25, 0.3) is 0 Å². The second kappa shape index (κ2) is 4.17. The number of hydrogen-bond donors (Lipinski definition) is 0. The maximum atomic E-state index is 13.4. The first-order chi connectivity index (χ1) is 9.81. The maximum Gasteiger partial charge on any atom is 0.137 e. The highest BCUT2D eigenvalue weighted by Crippen LogP contribution is 2.22. The quantitative estimate of drug-likeness (QED) is 0.499. The van der Waals surface area contributed by atoms with Gasteiger partial charge in [0.1, 0.15) is 11.6 Å². The Kier molecular flexibility index (Phi) is 2.33. The molecule has 2 nitrogen and oxygen atoms in total. The van der Waals surface area contributed by atoms with Gasteiger partial charge in [0, 0.05) is 17.0 Å². The minimum Gasteiger partial charge on any atom is -0.301 e. The molecule has 0 N–H and O–H groups in total. The van der Waals surface area contributed by atoms with Crippen LogP contribution in [-0.2, 0) is 0 Å². The summed E-state index contributed by atoms with van der Waals surface area (Å²) in [6, 6.07) is 18.7. The molecule has 0 spiro atoms. The molecular weight excluding hydrogens is 251 g/mol. The van der Waals surface area contributed by atoms with E-state index < -0.39 is 0 Å². The molecule has 0 aliphatic carbocycles. The molecule has 0 saturated carbocycles. The lowest BCUT2D eigenvalue weighted by Gasteiger charge is -2.06. The Morgan fingerprint density at radius 3 is 2.65 bits per heavy atom. The lowest BCUT2D eigenvalue weighted by molar-refractivity contribution is 0.629. The monoisotopic (exact) mass is 262 g/mol. The summed E-state index contributed by atoms with van der Waals surface area (Å²) >= 11 is 0. The van der Waals surface area contributed by atoms with Crippen molar-refractivity contribution in [1.82, 2.24) is 9.55 Å². The van der Waals surface area contributed by atoms with Crippen molar-refractivity contribution in [2.45, 2.75) is 0 Å². The molecule has 2 heterocycles. The number of para-hydroxylation sites is 1. The SMILES string of the molecule is Fc1ccc2ccn(-c3ccc4ccccc4n3)c2c1. The van der Waals surface area contributed by atoms with Crippen LogP contribution in [0, 0.1) is 5.82 Å². The standard InChI is InChI=1S/C17H11FN2/c18-14-7-5-13-9-10-20(16(13)11-14)17-8-6-12-3-1-2-4-15(12)19-17/h1-11H. The number of benzene rings is 2. The molecule has 0 bridgehead atoms. The molecule has 0 aliphatic rings. The summed E-state index contributed by atoms with van der Waals surface area (Å²) < 4.78 is 15.3. The van der Waals surface area contributed by atoms with E-state index in [0.717, 1.165) is 27.6 Å². The fourth-order valence-corrected chi connectivity index (χ4v) is 2.49. The zero-order valence-electron chi connectivity index (χ0n) is 10.6. The van der Waals surface area contributed by atoms with Crippen molar-refractivity contribution in [3.05, 3.63) is 72.7 Å². The summed E-state index contributed by atoms with van der Waals surface area (Å²) in [5, 5.41) is 2.10. The third-order valence-electron chi connectivity index (χ3n) is 3.49. The zero-order chi connectivity index (χ0) is 13.5. The van der Waals surface area contributed by atoms with Gasteiger partial charge in [0.05, 0.1) is 11.0 Å². The minimum absolute atomic E-state index is 0.238. The number of halogens is 1. The van der Waals surface area contributed by atoms with Crippen molar-refractivity contribution in [1.29, 1.82) is 0 Å². The molecule has 0 aliphatic heterocycles. The van der Waals surface area contributed by atoms with Crippen LogP contribution in [0.1, 0.15) is 0 Å². The Balaban J connectivity index is 1.98. The molecule has 2 aromatic carbocycles. The van der Waals surface area contributed by atoms with Crippen molar-refractivity contribution in [3.63, 3.8) is 0 Å². The van der Waals surface area contributed by atoms with Gasteiger partial charge < -0.3 is 4.57 Å². The fourth-order valence-electron chi connectivity index (χ4n) is 2.49. The van der Waals surface area contributed by atoms with Crippen LogP contribution >= 0.6 is 0 Å². The van der Waals surface area contributed by atoms with E-state index in [4.69, 9.17) is 0 Å². The normalized spacial score (nSPS) is 11.2. The molecule has 4 rings (SSSR count). The van der Waals surface area contributed by atoms with E-state index in [1.54, 1.807) is 6.07 Å². The van der Waals surface area contributed by atoms with Gasteiger partial charge in [-0.2, -0.15) is 0 Å². The highest BCUT2D eigenvalue weighted by Gasteiger charge is 2.06. The van der Waals surface area contributed by atoms with Crippen molar-refractivity contribution in [2.75, 3.05) is 0 Å². The van der Waals surface area contributed by atoms with Crippen molar-refractivity contribution >= 4 is 21.8 Å². The van der Waals surface area contributed by atoms with Crippen molar-refractivity contribution in [2.24, 2.45) is 0 Å². The average Bonchev–Trinajstić information content (AvgIpc) is 2.89. The molecule has 0 unspecified atom stereocenters. The van der Waals surface area contributed by atoms with Crippen LogP contribution in [0.25, 0.3) is 27.6 Å². The van der Waals surface area contributed by atoms with Crippen LogP contribution in [0.15, 0.2) is 66.9 Å². The number of fused-ring (bicyclic) bond motifs is 2. The van der Waals surface area contributed by atoms with E-state index in [1.807, 2.05) is 53.2 Å². The molecule has 2 aromatic heterocycles. The Morgan fingerprint density at radius 1 is 0.850 bits per heavy atom. The molecule has 4 aromatic rings. The van der Waals surface area contributed by atoms with Crippen LogP contribution in [0.4, 0.5) is 4.39 Å². The van der Waals surface area contributed by atoms with E-state index in [0.29, 0.717) is 0 Å². The second-order valence-corrected chi connectivity index (χ2v) is 4.75. The Morgan fingerprint density at radius 2 is 1.70 bits per heavy atom. The van der Waals surface area contributed by atoms with Gasteiger partial charge in [-0.25, -0.2) is 9.37 Å². The lowest BCUT2D eigenvalue weighted by atomic mass is 10.2. The lowest BCUT2D eigenvalue weighted by Crippen LogP contribution is -1.96. The summed E-state index contributed by atoms with van der Waals surface area (Å²) in [6.07, 6.45) is 1.92. The van der Waals surface area contributed by atoms with E-state index in [2.05, 4.69) is 4.98 Å². The van der Waals surface area contributed by atoms with Crippen LogP contribution in [-0.4, -0.2) is 9.55 Å². The van der Waals surface area contributed by atoms with Gasteiger partial charge >= 0.3 is 0 Å². The number of rotatable bonds is 1. The number of aromatic nitrogens is 2. The Hall–Kier alpha value is -2.68. The van der Waals surface area contributed by atoms with E-state index in [9.17, 15) is 4.39 Å². The van der Waals surface area contributed by atoms with Gasteiger partial charge in [0.15, 0.2) is 0 Å². The largest absolute Gasteiger partial charge is 0.301 e. The van der Waals surface area contributed by atoms with Gasteiger partial charge in [-0.05, 0) is 42.5 Å². The number of nitrogens with zero attached hydrogens (tertiary/aromatic N) is 2. The van der Waals surface area contributed by atoms with Crippen LogP contribution in [0.5, 0.6) is 0 Å². The topological polar surface area (TPSA) is 17.8 Å². The van der Waals surface area contributed by atoms with E-state index >= 15 is 0 Å². The number of pyridine rings is 1. The summed E-state index contributed by atoms with van der Waals surface area (Å²) in [5.41, 5.74) is 1.76. The maximum absolute atomic E-state index is 13.4. The molecular formula is C17H11FN2. The first kappa shape index (κ1) is 11.2. The highest BCUT2D eigenvalue weighted by atomic mass is 19.1. The molecule has 20 heavy (non-hydrogen) atoms. The fraction of sp³-hybridized carbons (Fsp3) is 0. The molecule has 0 radical (unpaired) electrons. The predicted octanol–water partition coefficient (Wildman–Crippen LogP) is 4.32. The molecule has 0 fully saturated rings. The van der Waals surface area contributed by atoms with Gasteiger partial charge in [-0.3, -0.25) is 0 Å². The van der Waals surface area contributed by atoms with E-state index in [1.165, 1.54) is 12.1 Å². The smallest absolute Gasteiger partial charge is 0.137 e. The van der Waals surface area contributed by atoms with Gasteiger partial charge in [-0.1, -0.05) is 18.2 Å². The third-order valence-corrected chi connectivity index (χ3v) is 3.49. The van der Waals surface area contributed by atoms with Gasteiger partial charge in [-0.15, -0.1) is 0 Å². The summed E-state index contributed by atoms with van der Waals surface area (Å²) in [7, 11) is 0. The molecule has 3 heteroatoms. The zero-order valence-corrected chi connectivity index (χ0v) is 10.6. The summed E-state index contributed by atoms with van der Waals surface area (Å²) in [4.78, 5) is 4.64. The molecule has 96 valence electrons. The minimum atomic E-state index is -0.238. The van der Waals surface area contributed by atoms with Gasteiger partial charge in [0.2, 0.25) is 0 Å². The average molecular weight is 262 g/mol. The number of hydrogen-bond acceptors (Lipinski definition) is 1. The predicted molar refractivity (Wildman–Crippen MR) is 78.5 cm³/mol.